The molecular weight excluding hydrogens is 414 g/mol. The molecule has 0 spiro atoms. The van der Waals surface area contributed by atoms with E-state index in [1.54, 1.807) is 20.4 Å². The second-order valence-electron chi connectivity index (χ2n) is 8.27. The van der Waals surface area contributed by atoms with Crippen LogP contribution >= 0.6 is 0 Å². The van der Waals surface area contributed by atoms with E-state index in [0.29, 0.717) is 12.3 Å². The van der Waals surface area contributed by atoms with E-state index in [2.05, 4.69) is 32.8 Å². The van der Waals surface area contributed by atoms with Gasteiger partial charge in [0.25, 0.3) is 0 Å². The number of aryl methyl sites for hydroxylation is 1. The monoisotopic (exact) mass is 445 g/mol. The predicted molar refractivity (Wildman–Crippen MR) is 135 cm³/mol. The zero-order chi connectivity index (χ0) is 23.2. The molecule has 0 bridgehead atoms. The zero-order valence-electron chi connectivity index (χ0n) is 19.6. The Morgan fingerprint density at radius 1 is 1.06 bits per heavy atom. The van der Waals surface area contributed by atoms with Crippen LogP contribution in [0.25, 0.3) is 0 Å². The number of hydrogen-bond acceptors (Lipinski definition) is 6. The number of hydrogen-bond donors (Lipinski definition) is 0. The highest BCUT2D eigenvalue weighted by Gasteiger charge is 2.23. The van der Waals surface area contributed by atoms with Gasteiger partial charge in [0.2, 0.25) is 0 Å². The highest BCUT2D eigenvalue weighted by molar-refractivity contribution is 5.78. The molecule has 3 aromatic rings. The first-order valence-corrected chi connectivity index (χ1v) is 11.2. The van der Waals surface area contributed by atoms with E-state index in [4.69, 9.17) is 9.47 Å². The fourth-order valence-corrected chi connectivity index (χ4v) is 4.00. The Balaban J connectivity index is 1.64. The summed E-state index contributed by atoms with van der Waals surface area (Å²) in [6.07, 6.45) is 8.18. The van der Waals surface area contributed by atoms with Crippen molar-refractivity contribution in [1.82, 2.24) is 9.78 Å². The quantitative estimate of drug-likeness (QED) is 0.378. The van der Waals surface area contributed by atoms with Crippen molar-refractivity contribution in [3.8, 4) is 11.5 Å². The maximum atomic E-state index is 5.52. The first-order chi connectivity index (χ1) is 16.1. The van der Waals surface area contributed by atoms with Gasteiger partial charge in [-0.05, 0) is 49.7 Å². The molecule has 1 saturated carbocycles. The Morgan fingerprint density at radius 3 is 2.39 bits per heavy atom. The van der Waals surface area contributed by atoms with Crippen molar-refractivity contribution in [1.29, 1.82) is 0 Å². The van der Waals surface area contributed by atoms with Gasteiger partial charge in [0.1, 0.15) is 11.5 Å². The maximum absolute atomic E-state index is 5.52. The van der Waals surface area contributed by atoms with Crippen LogP contribution in [0.3, 0.4) is 0 Å². The van der Waals surface area contributed by atoms with Crippen LogP contribution in [0.1, 0.15) is 25.0 Å². The van der Waals surface area contributed by atoms with Gasteiger partial charge in [0, 0.05) is 67.7 Å². The summed E-state index contributed by atoms with van der Waals surface area (Å²) in [5, 5.41) is 4.20. The molecule has 0 aliphatic heterocycles. The summed E-state index contributed by atoms with van der Waals surface area (Å²) in [4.78, 5) is 11.2. The lowest BCUT2D eigenvalue weighted by molar-refractivity contribution is 0.324. The fraction of sp³-hybridized carbons (Fsp3) is 0.346. The molecule has 0 amide bonds. The van der Waals surface area contributed by atoms with Crippen LogP contribution in [0, 0.1) is 5.92 Å². The first kappa shape index (κ1) is 22.6. The molecule has 1 fully saturated rings. The number of rotatable bonds is 10. The van der Waals surface area contributed by atoms with E-state index in [9.17, 15) is 0 Å². The Hall–Kier alpha value is -3.61. The lowest BCUT2D eigenvalue weighted by atomic mass is 9.85. The van der Waals surface area contributed by atoms with Crippen molar-refractivity contribution < 1.29 is 9.47 Å². The van der Waals surface area contributed by atoms with E-state index >= 15 is 0 Å². The molecule has 0 N–H and O–H groups in total. The summed E-state index contributed by atoms with van der Waals surface area (Å²) in [5.41, 5.74) is 4.72. The number of nitrogens with zero attached hydrogens (tertiary/aromatic N) is 5. The number of methoxy groups -OCH3 is 2. The number of benzene rings is 2. The van der Waals surface area contributed by atoms with Gasteiger partial charge >= 0.3 is 0 Å². The van der Waals surface area contributed by atoms with Crippen LogP contribution in [-0.2, 0) is 13.5 Å². The third-order valence-electron chi connectivity index (χ3n) is 6.21. The van der Waals surface area contributed by atoms with Crippen LogP contribution in [0.15, 0.2) is 58.6 Å². The molecule has 1 heterocycles. The van der Waals surface area contributed by atoms with Gasteiger partial charge in [0.05, 0.1) is 25.6 Å². The number of aromatic nitrogens is 2. The summed E-state index contributed by atoms with van der Waals surface area (Å²) in [5.74, 6) is 2.20. The second-order valence-corrected chi connectivity index (χ2v) is 8.27. The smallest absolute Gasteiger partial charge is 0.124 e. The van der Waals surface area contributed by atoms with Crippen molar-refractivity contribution in [2.45, 2.75) is 25.7 Å². The molecule has 2 aromatic carbocycles. The molecule has 0 atom stereocenters. The Kier molecular flexibility index (Phi) is 7.07. The molecule has 7 heteroatoms. The normalized spacial score (nSPS) is 13.7. The molecule has 33 heavy (non-hydrogen) atoms. The van der Waals surface area contributed by atoms with Crippen LogP contribution < -0.4 is 14.4 Å². The van der Waals surface area contributed by atoms with E-state index in [0.717, 1.165) is 46.5 Å². The van der Waals surface area contributed by atoms with Gasteiger partial charge in [-0.25, -0.2) is 0 Å². The van der Waals surface area contributed by atoms with Gasteiger partial charge in [-0.3, -0.25) is 14.7 Å². The third kappa shape index (κ3) is 5.25. The molecule has 1 aromatic heterocycles. The zero-order valence-corrected chi connectivity index (χ0v) is 19.6. The number of aliphatic imine (C=N–C) groups is 2. The molecule has 172 valence electrons. The molecule has 1 aliphatic rings. The summed E-state index contributed by atoms with van der Waals surface area (Å²) in [6.45, 7) is 4.71. The number of ether oxygens (including phenoxy) is 2. The minimum atomic E-state index is 0.666. The lowest BCUT2D eigenvalue weighted by Crippen LogP contribution is -2.29. The van der Waals surface area contributed by atoms with Crippen molar-refractivity contribution in [3.05, 3.63) is 54.4 Å². The molecule has 0 saturated heterocycles. The second kappa shape index (κ2) is 10.3. The third-order valence-corrected chi connectivity index (χ3v) is 6.21. The average Bonchev–Trinajstić information content (AvgIpc) is 3.22. The molecule has 0 radical (unpaired) electrons. The molecule has 7 nitrogen and oxygen atoms in total. The van der Waals surface area contributed by atoms with Crippen molar-refractivity contribution in [3.63, 3.8) is 0 Å². The van der Waals surface area contributed by atoms with Crippen LogP contribution in [0.5, 0.6) is 11.5 Å². The standard InChI is InChI=1S/C26H31N5O2/c1-27-26-16-21(8-9-25(26)28-12-10-20-11-13-29-30(20)2)31(18-19-6-5-7-19)22-14-23(32-3)17-24(15-22)33-4/h8-9,11-17,19H,1,5-7,10,18H2,2-4H3. The minimum Gasteiger partial charge on any atom is -0.497 e. The highest BCUT2D eigenvalue weighted by atomic mass is 16.5. The largest absolute Gasteiger partial charge is 0.497 e. The van der Waals surface area contributed by atoms with Crippen molar-refractivity contribution in [2.24, 2.45) is 23.0 Å². The Morgan fingerprint density at radius 2 is 1.82 bits per heavy atom. The molecule has 1 aliphatic carbocycles. The van der Waals surface area contributed by atoms with E-state index < -0.39 is 0 Å². The van der Waals surface area contributed by atoms with E-state index in [1.807, 2.05) is 54.3 Å². The maximum Gasteiger partial charge on any atom is 0.124 e. The summed E-state index contributed by atoms with van der Waals surface area (Å²) in [6, 6.07) is 14.1. The molecule has 0 unspecified atom stereocenters. The summed E-state index contributed by atoms with van der Waals surface area (Å²) >= 11 is 0. The highest BCUT2D eigenvalue weighted by Crippen LogP contribution is 2.39. The topological polar surface area (TPSA) is 64.2 Å². The fourth-order valence-electron chi connectivity index (χ4n) is 4.00. The van der Waals surface area contributed by atoms with Crippen LogP contribution in [0.4, 0.5) is 22.7 Å². The van der Waals surface area contributed by atoms with Gasteiger partial charge in [0.15, 0.2) is 0 Å². The van der Waals surface area contributed by atoms with E-state index in [-0.39, 0.29) is 0 Å². The Bertz CT molecular complexity index is 1110. The van der Waals surface area contributed by atoms with Gasteiger partial charge in [-0.1, -0.05) is 6.42 Å². The minimum absolute atomic E-state index is 0.666. The van der Waals surface area contributed by atoms with E-state index in [1.165, 1.54) is 19.3 Å². The SMILES string of the molecule is C=Nc1cc(N(CC2CCC2)c2cc(OC)cc(OC)c2)ccc1N=CCc1ccnn1C. The first-order valence-electron chi connectivity index (χ1n) is 11.2. The van der Waals surface area contributed by atoms with Gasteiger partial charge < -0.3 is 14.4 Å². The summed E-state index contributed by atoms with van der Waals surface area (Å²) in [7, 11) is 5.28. The van der Waals surface area contributed by atoms with Gasteiger partial charge in [-0.15, -0.1) is 0 Å². The molecular formula is C26H31N5O2. The van der Waals surface area contributed by atoms with Crippen molar-refractivity contribution in [2.75, 3.05) is 25.7 Å². The van der Waals surface area contributed by atoms with Crippen molar-refractivity contribution >= 4 is 35.7 Å². The lowest BCUT2D eigenvalue weighted by Gasteiger charge is -2.34. The average molecular weight is 446 g/mol. The predicted octanol–water partition coefficient (Wildman–Crippen LogP) is 5.65. The summed E-state index contributed by atoms with van der Waals surface area (Å²) < 4.78 is 12.9. The van der Waals surface area contributed by atoms with Gasteiger partial charge in [-0.2, -0.15) is 5.10 Å². The molecule has 4 rings (SSSR count). The van der Waals surface area contributed by atoms with Crippen LogP contribution in [0.2, 0.25) is 0 Å². The Labute approximate surface area is 195 Å². The number of anilines is 2. The van der Waals surface area contributed by atoms with Crippen LogP contribution in [-0.4, -0.2) is 43.5 Å².